The number of amides is 1. The van der Waals surface area contributed by atoms with Gasteiger partial charge in [-0.3, -0.25) is 4.79 Å². The summed E-state index contributed by atoms with van der Waals surface area (Å²) in [5.74, 6) is -2.27. The van der Waals surface area contributed by atoms with E-state index in [0.29, 0.717) is 16.8 Å². The molecular weight excluding hydrogens is 422 g/mol. The second-order valence-electron chi connectivity index (χ2n) is 7.18. The van der Waals surface area contributed by atoms with Gasteiger partial charge in [0.15, 0.2) is 0 Å². The molecule has 2 N–H and O–H groups in total. The number of carboxylic acid groups (broad SMARTS) is 1. The highest BCUT2D eigenvalue weighted by atomic mass is 16.5. The monoisotopic (exact) mass is 443 g/mol. The number of nitriles is 1. The van der Waals surface area contributed by atoms with E-state index in [4.69, 9.17) is 9.84 Å². The van der Waals surface area contributed by atoms with Crippen molar-refractivity contribution in [1.82, 2.24) is 4.57 Å². The first-order valence-corrected chi connectivity index (χ1v) is 9.90. The van der Waals surface area contributed by atoms with Crippen LogP contribution in [0.25, 0.3) is 11.8 Å². The summed E-state index contributed by atoms with van der Waals surface area (Å²) in [6.07, 6.45) is 1.45. The van der Waals surface area contributed by atoms with Gasteiger partial charge in [-0.05, 0) is 61.9 Å². The fraction of sp³-hybridized carbons (Fsp3) is 0.120. The normalized spacial score (nSPS) is 10.9. The van der Waals surface area contributed by atoms with E-state index in [1.165, 1.54) is 37.5 Å². The number of carbonyl (C=O) groups is 3. The molecule has 8 heteroatoms. The number of carboxylic acids is 1. The van der Waals surface area contributed by atoms with Gasteiger partial charge < -0.3 is 19.7 Å². The highest BCUT2D eigenvalue weighted by Gasteiger charge is 2.18. The summed E-state index contributed by atoms with van der Waals surface area (Å²) < 4.78 is 6.73. The Balaban J connectivity index is 1.98. The lowest BCUT2D eigenvalue weighted by Crippen LogP contribution is -2.14. The molecule has 3 aromatic rings. The number of nitrogens with zero attached hydrogens (tertiary/aromatic N) is 2. The molecule has 0 radical (unpaired) electrons. The minimum Gasteiger partial charge on any atom is -0.478 e. The molecule has 2 aromatic carbocycles. The Morgan fingerprint density at radius 2 is 1.82 bits per heavy atom. The summed E-state index contributed by atoms with van der Waals surface area (Å²) >= 11 is 0. The Labute approximate surface area is 190 Å². The molecule has 8 nitrogen and oxygen atoms in total. The maximum absolute atomic E-state index is 12.7. The molecule has 1 heterocycles. The first-order valence-electron chi connectivity index (χ1n) is 9.90. The number of carbonyl (C=O) groups excluding carboxylic acids is 2. The second-order valence-corrected chi connectivity index (χ2v) is 7.18. The number of nitrogens with one attached hydrogen (secondary N) is 1. The Morgan fingerprint density at radius 3 is 2.48 bits per heavy atom. The summed E-state index contributed by atoms with van der Waals surface area (Å²) in [6.45, 7) is 3.66. The van der Waals surface area contributed by atoms with Gasteiger partial charge in [-0.15, -0.1) is 0 Å². The van der Waals surface area contributed by atoms with Crippen molar-refractivity contribution < 1.29 is 24.2 Å². The molecule has 3 rings (SSSR count). The zero-order chi connectivity index (χ0) is 24.1. The number of ether oxygens (including phenoxy) is 1. The molecule has 0 aliphatic carbocycles. The Bertz CT molecular complexity index is 1330. The van der Waals surface area contributed by atoms with Crippen LogP contribution in [0.1, 0.15) is 37.7 Å². The SMILES string of the molecule is COC(=O)c1ccccc1-n1c(C)cc(/C=C(/C#N)C(=O)Nc2cccc(C(=O)O)c2)c1C. The number of aromatic nitrogens is 1. The van der Waals surface area contributed by atoms with Crippen LogP contribution in [0.5, 0.6) is 0 Å². The van der Waals surface area contributed by atoms with Crippen molar-refractivity contribution in [2.24, 2.45) is 0 Å². The molecule has 0 aliphatic heterocycles. The molecule has 0 atom stereocenters. The number of anilines is 1. The molecule has 0 saturated carbocycles. The van der Waals surface area contributed by atoms with Crippen molar-refractivity contribution in [2.75, 3.05) is 12.4 Å². The minimum absolute atomic E-state index is 0.0168. The Morgan fingerprint density at radius 1 is 1.09 bits per heavy atom. The molecule has 0 fully saturated rings. The molecule has 0 spiro atoms. The number of rotatable bonds is 6. The number of esters is 1. The van der Waals surface area contributed by atoms with Crippen LogP contribution < -0.4 is 5.32 Å². The highest BCUT2D eigenvalue weighted by molar-refractivity contribution is 6.10. The molecule has 0 aliphatic rings. The van der Waals surface area contributed by atoms with Crippen LogP contribution in [-0.2, 0) is 9.53 Å². The van der Waals surface area contributed by atoms with Crippen LogP contribution in [0.2, 0.25) is 0 Å². The topological polar surface area (TPSA) is 121 Å². The first-order chi connectivity index (χ1) is 15.8. The van der Waals surface area contributed by atoms with Gasteiger partial charge >= 0.3 is 11.9 Å². The van der Waals surface area contributed by atoms with Crippen molar-refractivity contribution in [3.63, 3.8) is 0 Å². The Kier molecular flexibility index (Phi) is 6.74. The molecule has 1 aromatic heterocycles. The largest absolute Gasteiger partial charge is 0.478 e. The van der Waals surface area contributed by atoms with Crippen molar-refractivity contribution in [3.8, 4) is 11.8 Å². The van der Waals surface area contributed by atoms with E-state index in [0.717, 1.165) is 11.4 Å². The van der Waals surface area contributed by atoms with Gasteiger partial charge in [0.2, 0.25) is 0 Å². The predicted octanol–water partition coefficient (Wildman–Crippen LogP) is 4.12. The number of hydrogen-bond acceptors (Lipinski definition) is 5. The van der Waals surface area contributed by atoms with E-state index in [9.17, 15) is 19.6 Å². The quantitative estimate of drug-likeness (QED) is 0.336. The maximum atomic E-state index is 12.7. The Hall–Kier alpha value is -4.64. The fourth-order valence-electron chi connectivity index (χ4n) is 3.49. The molecule has 0 unspecified atom stereocenters. The van der Waals surface area contributed by atoms with Gasteiger partial charge in [0.25, 0.3) is 5.91 Å². The summed E-state index contributed by atoms with van der Waals surface area (Å²) in [5, 5.41) is 21.2. The van der Waals surface area contributed by atoms with Gasteiger partial charge in [-0.2, -0.15) is 5.26 Å². The highest BCUT2D eigenvalue weighted by Crippen LogP contribution is 2.26. The number of methoxy groups -OCH3 is 1. The molecular formula is C25H21N3O5. The fourth-order valence-corrected chi connectivity index (χ4v) is 3.49. The summed E-state index contributed by atoms with van der Waals surface area (Å²) in [4.78, 5) is 36.0. The third kappa shape index (κ3) is 4.83. The van der Waals surface area contributed by atoms with E-state index in [-0.39, 0.29) is 16.8 Å². The van der Waals surface area contributed by atoms with E-state index < -0.39 is 17.8 Å². The zero-order valence-corrected chi connectivity index (χ0v) is 18.2. The van der Waals surface area contributed by atoms with Crippen molar-refractivity contribution in [1.29, 1.82) is 5.26 Å². The van der Waals surface area contributed by atoms with Crippen LogP contribution in [0.15, 0.2) is 60.2 Å². The van der Waals surface area contributed by atoms with Crippen LogP contribution in [0, 0.1) is 25.2 Å². The van der Waals surface area contributed by atoms with E-state index in [2.05, 4.69) is 5.32 Å². The lowest BCUT2D eigenvalue weighted by Gasteiger charge is -2.13. The number of para-hydroxylation sites is 1. The van der Waals surface area contributed by atoms with Crippen molar-refractivity contribution >= 4 is 29.6 Å². The van der Waals surface area contributed by atoms with Gasteiger partial charge in [-0.1, -0.05) is 18.2 Å². The summed E-state index contributed by atoms with van der Waals surface area (Å²) in [6, 6.07) is 16.4. The van der Waals surface area contributed by atoms with Crippen LogP contribution in [-0.4, -0.2) is 34.6 Å². The van der Waals surface area contributed by atoms with Crippen molar-refractivity contribution in [2.45, 2.75) is 13.8 Å². The standard InChI is InChI=1S/C25H21N3O5/c1-15-11-18(16(2)28(15)22-10-5-4-9-21(22)25(32)33-3)12-19(14-26)23(29)27-20-8-6-7-17(13-20)24(30)31/h4-13H,1-3H3,(H,27,29)(H,30,31)/b19-12-. The number of hydrogen-bond donors (Lipinski definition) is 2. The van der Waals surface area contributed by atoms with Crippen molar-refractivity contribution in [3.05, 3.63) is 88.2 Å². The summed E-state index contributed by atoms with van der Waals surface area (Å²) in [7, 11) is 1.31. The van der Waals surface area contributed by atoms with E-state index in [1.807, 2.05) is 24.5 Å². The van der Waals surface area contributed by atoms with Gasteiger partial charge in [0.05, 0.1) is 23.9 Å². The van der Waals surface area contributed by atoms with Crippen LogP contribution >= 0.6 is 0 Å². The summed E-state index contributed by atoms with van der Waals surface area (Å²) in [5.41, 5.74) is 3.26. The maximum Gasteiger partial charge on any atom is 0.339 e. The molecule has 0 saturated heterocycles. The first kappa shape index (κ1) is 23.0. The zero-order valence-electron chi connectivity index (χ0n) is 18.2. The average Bonchev–Trinajstić information content (AvgIpc) is 3.09. The average molecular weight is 443 g/mol. The smallest absolute Gasteiger partial charge is 0.339 e. The van der Waals surface area contributed by atoms with Crippen LogP contribution in [0.3, 0.4) is 0 Å². The predicted molar refractivity (Wildman–Crippen MR) is 122 cm³/mol. The number of benzene rings is 2. The van der Waals surface area contributed by atoms with E-state index >= 15 is 0 Å². The van der Waals surface area contributed by atoms with E-state index in [1.54, 1.807) is 30.3 Å². The van der Waals surface area contributed by atoms with Gasteiger partial charge in [0, 0.05) is 17.1 Å². The number of aryl methyl sites for hydroxylation is 1. The van der Waals surface area contributed by atoms with Gasteiger partial charge in [0.1, 0.15) is 11.6 Å². The van der Waals surface area contributed by atoms with Crippen LogP contribution in [0.4, 0.5) is 5.69 Å². The third-order valence-electron chi connectivity index (χ3n) is 5.05. The molecule has 166 valence electrons. The second kappa shape index (κ2) is 9.66. The van der Waals surface area contributed by atoms with Gasteiger partial charge in [-0.25, -0.2) is 9.59 Å². The molecule has 33 heavy (non-hydrogen) atoms. The molecule has 0 bridgehead atoms. The minimum atomic E-state index is -1.12. The number of aromatic carboxylic acids is 1. The lowest BCUT2D eigenvalue weighted by atomic mass is 10.1. The lowest BCUT2D eigenvalue weighted by molar-refractivity contribution is -0.112. The molecule has 1 amide bonds. The third-order valence-corrected chi connectivity index (χ3v) is 5.05.